The molecule has 0 aromatic heterocycles. The Labute approximate surface area is 122 Å². The van der Waals surface area contributed by atoms with Crippen molar-refractivity contribution in [2.24, 2.45) is 5.92 Å². The molecule has 1 rings (SSSR count). The van der Waals surface area contributed by atoms with Crippen molar-refractivity contribution < 1.29 is 19.6 Å². The minimum absolute atomic E-state index is 0.0712. The second-order valence-electron chi connectivity index (χ2n) is 4.93. The minimum atomic E-state index is -1.13. The van der Waals surface area contributed by atoms with Gasteiger partial charge in [-0.15, -0.1) is 0 Å². The van der Waals surface area contributed by atoms with E-state index in [0.717, 1.165) is 6.07 Å². The predicted octanol–water partition coefficient (Wildman–Crippen LogP) is 2.13. The van der Waals surface area contributed by atoms with E-state index in [1.165, 1.54) is 12.1 Å². The summed E-state index contributed by atoms with van der Waals surface area (Å²) < 4.78 is 0. The summed E-state index contributed by atoms with van der Waals surface area (Å²) in [4.78, 5) is 33.5. The van der Waals surface area contributed by atoms with Gasteiger partial charge in [0.05, 0.1) is 4.92 Å². The fourth-order valence-corrected chi connectivity index (χ4v) is 1.85. The zero-order valence-electron chi connectivity index (χ0n) is 12.1. The lowest BCUT2D eigenvalue weighted by Crippen LogP contribution is -2.45. The molecule has 2 atom stereocenters. The topological polar surface area (TPSA) is 110 Å². The maximum Gasteiger partial charge on any atom is 0.326 e. The van der Waals surface area contributed by atoms with Crippen LogP contribution in [0.15, 0.2) is 18.2 Å². The number of amides is 1. The third-order valence-corrected chi connectivity index (χ3v) is 3.43. The molecule has 0 saturated heterocycles. The van der Waals surface area contributed by atoms with Gasteiger partial charge in [0, 0.05) is 17.2 Å². The molecule has 0 fully saturated rings. The van der Waals surface area contributed by atoms with Crippen molar-refractivity contribution in [2.75, 3.05) is 0 Å². The second kappa shape index (κ2) is 6.83. The highest BCUT2D eigenvalue weighted by Crippen LogP contribution is 2.19. The van der Waals surface area contributed by atoms with Gasteiger partial charge in [-0.3, -0.25) is 14.9 Å². The number of rotatable bonds is 6. The Kier molecular flexibility index (Phi) is 5.40. The summed E-state index contributed by atoms with van der Waals surface area (Å²) in [6.07, 6.45) is 0.589. The first-order valence-corrected chi connectivity index (χ1v) is 6.56. The molecule has 0 heterocycles. The first kappa shape index (κ1) is 16.6. The Morgan fingerprint density at radius 3 is 2.52 bits per heavy atom. The zero-order valence-corrected chi connectivity index (χ0v) is 12.1. The van der Waals surface area contributed by atoms with Crippen molar-refractivity contribution in [2.45, 2.75) is 33.2 Å². The van der Waals surface area contributed by atoms with Crippen molar-refractivity contribution >= 4 is 17.6 Å². The van der Waals surface area contributed by atoms with Crippen molar-refractivity contribution in [3.05, 3.63) is 39.4 Å². The van der Waals surface area contributed by atoms with Crippen LogP contribution in [-0.2, 0) is 4.79 Å². The quantitative estimate of drug-likeness (QED) is 0.617. The molecule has 0 spiro atoms. The first-order valence-electron chi connectivity index (χ1n) is 6.56. The molecule has 114 valence electrons. The average Bonchev–Trinajstić information content (AvgIpc) is 2.43. The maximum atomic E-state index is 12.1. The van der Waals surface area contributed by atoms with Gasteiger partial charge in [-0.1, -0.05) is 26.3 Å². The molecule has 0 aliphatic carbocycles. The number of aryl methyl sites for hydroxylation is 1. The van der Waals surface area contributed by atoms with Crippen LogP contribution in [0.25, 0.3) is 0 Å². The lowest BCUT2D eigenvalue weighted by molar-refractivity contribution is -0.385. The molecule has 0 bridgehead atoms. The first-order chi connectivity index (χ1) is 9.77. The largest absolute Gasteiger partial charge is 0.480 e. The van der Waals surface area contributed by atoms with Crippen LogP contribution in [0.1, 0.15) is 36.2 Å². The number of nitrogens with zero attached hydrogens (tertiary/aromatic N) is 1. The minimum Gasteiger partial charge on any atom is -0.480 e. The summed E-state index contributed by atoms with van der Waals surface area (Å²) in [5.74, 6) is -2.00. The number of benzene rings is 1. The van der Waals surface area contributed by atoms with Crippen molar-refractivity contribution in [3.63, 3.8) is 0 Å². The van der Waals surface area contributed by atoms with Crippen LogP contribution in [0.3, 0.4) is 0 Å². The van der Waals surface area contributed by atoms with Gasteiger partial charge in [0.2, 0.25) is 0 Å². The molecular weight excluding hydrogens is 276 g/mol. The summed E-state index contributed by atoms with van der Waals surface area (Å²) in [6, 6.07) is 3.03. The highest BCUT2D eigenvalue weighted by atomic mass is 16.6. The molecule has 21 heavy (non-hydrogen) atoms. The number of carbonyl (C=O) groups is 2. The molecule has 1 aromatic rings. The van der Waals surface area contributed by atoms with Crippen molar-refractivity contribution in [1.29, 1.82) is 0 Å². The molecule has 0 saturated carbocycles. The highest BCUT2D eigenvalue weighted by Gasteiger charge is 2.26. The number of hydrogen-bond donors (Lipinski definition) is 2. The van der Waals surface area contributed by atoms with E-state index in [2.05, 4.69) is 5.32 Å². The Balaban J connectivity index is 3.00. The van der Waals surface area contributed by atoms with Gasteiger partial charge in [0.1, 0.15) is 6.04 Å². The van der Waals surface area contributed by atoms with E-state index in [-0.39, 0.29) is 17.2 Å². The Morgan fingerprint density at radius 1 is 1.43 bits per heavy atom. The van der Waals surface area contributed by atoms with E-state index in [4.69, 9.17) is 5.11 Å². The number of carboxylic acid groups (broad SMARTS) is 1. The molecule has 0 aliphatic rings. The van der Waals surface area contributed by atoms with Gasteiger partial charge in [-0.05, 0) is 18.9 Å². The molecule has 2 N–H and O–H groups in total. The Hall–Kier alpha value is -2.44. The Bertz CT molecular complexity index is 570. The number of nitro groups is 1. The monoisotopic (exact) mass is 294 g/mol. The molecular formula is C14H18N2O5. The summed E-state index contributed by atoms with van der Waals surface area (Å²) in [5.41, 5.74) is 0.341. The fraction of sp³-hybridized carbons (Fsp3) is 0.429. The Morgan fingerprint density at radius 2 is 2.05 bits per heavy atom. The lowest BCUT2D eigenvalue weighted by Gasteiger charge is -2.20. The molecule has 0 radical (unpaired) electrons. The summed E-state index contributed by atoms with van der Waals surface area (Å²) in [5, 5.41) is 22.4. The third kappa shape index (κ3) is 4.01. The molecule has 1 amide bonds. The highest BCUT2D eigenvalue weighted by molar-refractivity contribution is 5.97. The molecule has 7 heteroatoms. The summed E-state index contributed by atoms with van der Waals surface area (Å²) in [7, 11) is 0. The van der Waals surface area contributed by atoms with Gasteiger partial charge in [-0.25, -0.2) is 4.79 Å². The molecule has 0 aliphatic heterocycles. The number of hydrogen-bond acceptors (Lipinski definition) is 4. The number of nitro benzene ring substituents is 1. The van der Waals surface area contributed by atoms with Crippen LogP contribution in [-0.4, -0.2) is 27.9 Å². The number of nitrogens with one attached hydrogen (secondary N) is 1. The standard InChI is InChI=1S/C14H18N2O5/c1-4-8(2)12(14(18)19)15-13(17)10-6-5-9(3)11(7-10)16(20)21/h5-8,12H,4H2,1-3H3,(H,15,17)(H,18,19)/t8?,12-/m0/s1. The van der Waals surface area contributed by atoms with Crippen LogP contribution >= 0.6 is 0 Å². The zero-order chi connectivity index (χ0) is 16.2. The fourth-order valence-electron chi connectivity index (χ4n) is 1.85. The average molecular weight is 294 g/mol. The number of aliphatic carboxylic acids is 1. The lowest BCUT2D eigenvalue weighted by atomic mass is 9.98. The normalized spacial score (nSPS) is 13.3. The second-order valence-corrected chi connectivity index (χ2v) is 4.93. The van der Waals surface area contributed by atoms with Gasteiger partial charge in [0.25, 0.3) is 11.6 Å². The van der Waals surface area contributed by atoms with Crippen molar-refractivity contribution in [1.82, 2.24) is 5.32 Å². The van der Waals surface area contributed by atoms with Crippen molar-refractivity contribution in [3.8, 4) is 0 Å². The van der Waals surface area contributed by atoms with Crippen LogP contribution in [0.4, 0.5) is 5.69 Å². The SMILES string of the molecule is CCC(C)[C@H](NC(=O)c1ccc(C)c([N+](=O)[O-])c1)C(=O)O. The van der Waals surface area contributed by atoms with Crippen LogP contribution in [0, 0.1) is 23.0 Å². The molecule has 1 aromatic carbocycles. The third-order valence-electron chi connectivity index (χ3n) is 3.43. The van der Waals surface area contributed by atoms with E-state index in [9.17, 15) is 19.7 Å². The van der Waals surface area contributed by atoms with E-state index in [0.29, 0.717) is 12.0 Å². The molecule has 1 unspecified atom stereocenters. The van der Waals surface area contributed by atoms with E-state index in [1.54, 1.807) is 13.8 Å². The summed E-state index contributed by atoms with van der Waals surface area (Å²) in [6.45, 7) is 5.11. The van der Waals surface area contributed by atoms with E-state index >= 15 is 0 Å². The van der Waals surface area contributed by atoms with Gasteiger partial charge < -0.3 is 10.4 Å². The van der Waals surface area contributed by atoms with Crippen LogP contribution < -0.4 is 5.32 Å². The number of carbonyl (C=O) groups excluding carboxylic acids is 1. The predicted molar refractivity (Wildman–Crippen MR) is 76.2 cm³/mol. The smallest absolute Gasteiger partial charge is 0.326 e. The van der Waals surface area contributed by atoms with Gasteiger partial charge >= 0.3 is 5.97 Å². The van der Waals surface area contributed by atoms with Crippen LogP contribution in [0.2, 0.25) is 0 Å². The molecule has 7 nitrogen and oxygen atoms in total. The number of carboxylic acids is 1. The van der Waals surface area contributed by atoms with E-state index < -0.39 is 22.8 Å². The van der Waals surface area contributed by atoms with Crippen LogP contribution in [0.5, 0.6) is 0 Å². The summed E-state index contributed by atoms with van der Waals surface area (Å²) >= 11 is 0. The van der Waals surface area contributed by atoms with Gasteiger partial charge in [-0.2, -0.15) is 0 Å². The maximum absolute atomic E-state index is 12.1. The van der Waals surface area contributed by atoms with Gasteiger partial charge in [0.15, 0.2) is 0 Å². The van der Waals surface area contributed by atoms with E-state index in [1.807, 2.05) is 6.92 Å².